The van der Waals surface area contributed by atoms with E-state index in [2.05, 4.69) is 31.3 Å². The number of aryl methyl sites for hydroxylation is 2. The van der Waals surface area contributed by atoms with Crippen molar-refractivity contribution >= 4 is 56.3 Å². The Hall–Kier alpha value is -3.09. The second kappa shape index (κ2) is 44.6. The van der Waals surface area contributed by atoms with Gasteiger partial charge in [-0.05, 0) is 88.5 Å². The fourth-order valence-electron chi connectivity index (χ4n) is 7.56. The van der Waals surface area contributed by atoms with Crippen LogP contribution in [-0.4, -0.2) is 155 Å². The Kier molecular flexibility index (Phi) is 44.0. The molecule has 5 N–H and O–H groups in total. The van der Waals surface area contributed by atoms with Crippen molar-refractivity contribution in [3.63, 3.8) is 0 Å². The smallest absolute Gasteiger partial charge is 1.00 e. The minimum Gasteiger partial charge on any atom is -1.00 e. The van der Waals surface area contributed by atoms with Gasteiger partial charge in [-0.15, -0.1) is 11.0 Å². The summed E-state index contributed by atoms with van der Waals surface area (Å²) in [6.07, 6.45) is 7.61. The number of carbonyl (C=O) groups is 2. The number of methoxy groups -OCH3 is 1. The second-order valence-electron chi connectivity index (χ2n) is 16.4. The molecule has 0 saturated heterocycles. The van der Waals surface area contributed by atoms with Gasteiger partial charge in [0.15, 0.2) is 11.5 Å². The first-order chi connectivity index (χ1) is 35.3. The number of aliphatic hydroxyl groups is 2. The topological polar surface area (TPSA) is 289 Å². The van der Waals surface area contributed by atoms with Crippen LogP contribution in [-0.2, 0) is 67.2 Å². The summed E-state index contributed by atoms with van der Waals surface area (Å²) >= 11 is 0. The van der Waals surface area contributed by atoms with Crippen molar-refractivity contribution < 1.29 is 149 Å². The third kappa shape index (κ3) is 27.8. The van der Waals surface area contributed by atoms with Crippen molar-refractivity contribution in [2.75, 3.05) is 113 Å². The summed E-state index contributed by atoms with van der Waals surface area (Å²) in [6, 6.07) is 7.79. The number of aliphatic hydroxyl groups excluding tert-OH is 2. The van der Waals surface area contributed by atoms with Crippen LogP contribution in [0.4, 0.5) is 0 Å². The molecule has 0 atom stereocenters. The number of hydrogen-bond acceptors (Lipinski definition) is 19. The van der Waals surface area contributed by atoms with E-state index in [1.807, 2.05) is 26.0 Å². The Labute approximate surface area is 511 Å². The summed E-state index contributed by atoms with van der Waals surface area (Å²) in [5, 5.41) is 40.7. The standard InChI is InChI=1S/C49H70N7O9.2C2H4O2.2ClH.Gd.Pt/c1-6-36-37(7-2)41-29-43-39(11-9-16-58)35(4)47(56-43)33-53-45-31-49(65-27-25-63-23-22-61-19-18-59-5)48(64-26-24-62-21-20-60-17-14-51-13-12-50)30-44(45)52-32-46-34(3)38(10-8-15-57)42(55-46)28-40(36)54-41;2*1-2(3)4;;;;/h28-33,51,57-58H,6-27,50H2,1-5H3;2*1H3,(H,3,4);2*1H;;/q-1;;;;;+3;+2/p-4. The van der Waals surface area contributed by atoms with Gasteiger partial charge in [0.1, 0.15) is 13.2 Å². The van der Waals surface area contributed by atoms with Crippen LogP contribution in [0.1, 0.15) is 101 Å². The normalized spacial score (nSPS) is 11.4. The molecule has 2 aliphatic heterocycles. The van der Waals surface area contributed by atoms with E-state index in [-0.39, 0.29) is 112 Å². The molecular weight excluding hydrogens is 1370 g/mol. The Morgan fingerprint density at radius 2 is 1.00 bits per heavy atom. The van der Waals surface area contributed by atoms with Crippen molar-refractivity contribution in [1.82, 2.24) is 30.2 Å². The molecule has 6 bridgehead atoms. The molecule has 2 aromatic heterocycles. The van der Waals surface area contributed by atoms with Crippen LogP contribution in [0, 0.1) is 39.9 Å². The molecule has 0 fully saturated rings. The SMILES string of the molecule is CC(=O)[O-].CC(=O)[O-].CCc1c(CC)c2cc3nc(cnc4cc(OCCOCCOCCOC)c(OCCOCCOCCNCCN)cc4ncc4nc(cc1[n-]2)C(CCCO)=C4C)C(C)=C3CCCO.[Cl-].[Cl-].[Gd+3].[Pt+2]. The molecular formula is C53H76Cl2GdN7O13Pt. The number of fused-ring (bicyclic) bond motifs is 7. The van der Waals surface area contributed by atoms with Crippen LogP contribution >= 0.6 is 0 Å². The first-order valence-electron chi connectivity index (χ1n) is 24.8. The third-order valence-electron chi connectivity index (χ3n) is 11.0. The molecule has 2 aliphatic rings. The van der Waals surface area contributed by atoms with Crippen LogP contribution in [0.5, 0.6) is 11.5 Å². The predicted molar refractivity (Wildman–Crippen MR) is 276 cm³/mol. The molecule has 5 rings (SSSR count). The Morgan fingerprint density at radius 1 is 0.623 bits per heavy atom. The Bertz CT molecular complexity index is 2450. The van der Waals surface area contributed by atoms with Gasteiger partial charge < -0.3 is 104 Å². The van der Waals surface area contributed by atoms with Crippen molar-refractivity contribution in [1.29, 1.82) is 0 Å². The summed E-state index contributed by atoms with van der Waals surface area (Å²) in [7, 11) is 1.64. The number of benzene rings is 1. The van der Waals surface area contributed by atoms with Crippen LogP contribution < -0.4 is 60.5 Å². The number of allylic oxidation sites excluding steroid dienone is 4. The van der Waals surface area contributed by atoms with Gasteiger partial charge in [-0.2, -0.15) is 0 Å². The first kappa shape index (κ1) is 76.0. The number of halogens is 2. The maximum absolute atomic E-state index is 9.86. The number of aliphatic carboxylic acids is 2. The molecule has 4 heterocycles. The molecule has 20 nitrogen and oxygen atoms in total. The van der Waals surface area contributed by atoms with Gasteiger partial charge in [-0.3, -0.25) is 9.97 Å². The number of nitrogens with one attached hydrogen (secondary N) is 1. The quantitative estimate of drug-likeness (QED) is 0.0485. The summed E-state index contributed by atoms with van der Waals surface area (Å²) in [5.74, 6) is -1.24. The summed E-state index contributed by atoms with van der Waals surface area (Å²) in [4.78, 5) is 43.3. The number of aromatic nitrogens is 5. The molecule has 0 aliphatic carbocycles. The number of hydrogen-bond donors (Lipinski definition) is 4. The van der Waals surface area contributed by atoms with Crippen molar-refractivity contribution in [3.05, 3.63) is 70.6 Å². The number of carbonyl (C=O) groups excluding carboxylic acids is 2. The average Bonchev–Trinajstić information content (AvgIpc) is 3.96. The van der Waals surface area contributed by atoms with Crippen LogP contribution in [0.15, 0.2) is 36.7 Å². The van der Waals surface area contributed by atoms with E-state index in [0.717, 1.165) is 84.5 Å². The molecule has 0 unspecified atom stereocenters. The third-order valence-corrected chi connectivity index (χ3v) is 11.0. The number of nitrogens with zero attached hydrogens (tertiary/aromatic N) is 5. The molecule has 3 aromatic rings. The van der Waals surface area contributed by atoms with E-state index in [4.69, 9.17) is 83.6 Å². The van der Waals surface area contributed by atoms with E-state index in [1.54, 1.807) is 19.5 Å². The molecule has 77 heavy (non-hydrogen) atoms. The second-order valence-corrected chi connectivity index (χ2v) is 16.4. The average molecular weight is 1440 g/mol. The van der Waals surface area contributed by atoms with Gasteiger partial charge in [-0.25, -0.2) is 9.97 Å². The largest absolute Gasteiger partial charge is 3.00 e. The van der Waals surface area contributed by atoms with E-state index >= 15 is 0 Å². The Morgan fingerprint density at radius 3 is 1.36 bits per heavy atom. The number of nitrogens with two attached hydrogens (primary N) is 1. The maximum atomic E-state index is 9.86. The van der Waals surface area contributed by atoms with Crippen molar-refractivity contribution in [3.8, 4) is 11.5 Å². The van der Waals surface area contributed by atoms with Gasteiger partial charge in [0.25, 0.3) is 0 Å². The van der Waals surface area contributed by atoms with Crippen LogP contribution in [0.3, 0.4) is 0 Å². The minimum atomic E-state index is -1.08. The van der Waals surface area contributed by atoms with E-state index in [9.17, 15) is 10.2 Å². The van der Waals surface area contributed by atoms with E-state index in [1.165, 1.54) is 11.1 Å². The maximum Gasteiger partial charge on any atom is 3.00 e. The number of rotatable bonds is 30. The number of ether oxygens (including phenoxy) is 7. The minimum absolute atomic E-state index is 0. The number of carboxylic acid groups (broad SMARTS) is 2. The first-order valence-corrected chi connectivity index (χ1v) is 24.8. The van der Waals surface area contributed by atoms with Gasteiger partial charge in [0, 0.05) is 64.0 Å². The van der Waals surface area contributed by atoms with Crippen LogP contribution in [0.25, 0.3) is 44.4 Å². The van der Waals surface area contributed by atoms with Crippen LogP contribution in [0.2, 0.25) is 0 Å². The van der Waals surface area contributed by atoms with Gasteiger partial charge >= 0.3 is 61.0 Å². The van der Waals surface area contributed by atoms with Gasteiger partial charge in [-0.1, -0.05) is 37.1 Å². The molecule has 1 radical (unpaired) electrons. The molecule has 433 valence electrons. The van der Waals surface area contributed by atoms with E-state index in [0.29, 0.717) is 126 Å². The zero-order valence-electron chi connectivity index (χ0n) is 45.1. The van der Waals surface area contributed by atoms with E-state index < -0.39 is 11.9 Å². The summed E-state index contributed by atoms with van der Waals surface area (Å²) in [6.45, 7) is 17.0. The summed E-state index contributed by atoms with van der Waals surface area (Å²) in [5.41, 5.74) is 17.8. The number of carboxylic acids is 2. The fourth-order valence-corrected chi connectivity index (χ4v) is 7.56. The molecule has 24 heteroatoms. The van der Waals surface area contributed by atoms with Crippen molar-refractivity contribution in [2.45, 2.75) is 80.1 Å². The Balaban J connectivity index is 0. The van der Waals surface area contributed by atoms with Gasteiger partial charge in [0.05, 0.1) is 106 Å². The molecule has 0 spiro atoms. The monoisotopic (exact) mass is 1440 g/mol. The van der Waals surface area contributed by atoms with Crippen molar-refractivity contribution in [2.24, 2.45) is 5.73 Å². The zero-order valence-corrected chi connectivity index (χ0v) is 51.2. The molecule has 0 saturated carbocycles. The molecule has 1 aromatic carbocycles. The summed E-state index contributed by atoms with van der Waals surface area (Å²) < 4.78 is 40.5. The zero-order chi connectivity index (χ0) is 53.4. The molecule has 0 amide bonds. The van der Waals surface area contributed by atoms with Gasteiger partial charge in [0.2, 0.25) is 0 Å². The fraction of sp³-hybridized carbons (Fsp3) is 0.547. The predicted octanol–water partition coefficient (Wildman–Crippen LogP) is -2.96.